The van der Waals surface area contributed by atoms with Gasteiger partial charge in [0.15, 0.2) is 0 Å². The Morgan fingerprint density at radius 2 is 1.82 bits per heavy atom. The van der Waals surface area contributed by atoms with Crippen molar-refractivity contribution >= 4 is 40.7 Å². The molecule has 94 valence electrons. The van der Waals surface area contributed by atoms with Gasteiger partial charge < -0.3 is 5.32 Å². The summed E-state index contributed by atoms with van der Waals surface area (Å²) in [6.07, 6.45) is 0. The number of rotatable bonds is 4. The van der Waals surface area contributed by atoms with Crippen molar-refractivity contribution < 1.29 is 4.79 Å². The fourth-order valence-corrected chi connectivity index (χ4v) is 2.34. The van der Waals surface area contributed by atoms with E-state index in [-0.39, 0.29) is 17.9 Å². The number of nitrogens with one attached hydrogen (secondary N) is 1. The summed E-state index contributed by atoms with van der Waals surface area (Å²) in [5.74, 6) is 0.309. The maximum absolute atomic E-state index is 12.0. The summed E-state index contributed by atoms with van der Waals surface area (Å²) < 4.78 is 0. The average Bonchev–Trinajstić information content (AvgIpc) is 2.25. The first-order valence-corrected chi connectivity index (χ1v) is 6.57. The number of alkyl halides is 1. The fraction of sp³-hybridized carbons (Fsp3) is 0.417. The molecular weight excluding hydrogens is 280 g/mol. The zero-order valence-corrected chi connectivity index (χ0v) is 11.9. The molecule has 0 bridgehead atoms. The molecule has 1 aromatic rings. The zero-order chi connectivity index (χ0) is 13.0. The van der Waals surface area contributed by atoms with Crippen molar-refractivity contribution in [1.82, 2.24) is 5.32 Å². The molecule has 17 heavy (non-hydrogen) atoms. The second-order valence-corrected chi connectivity index (χ2v) is 5.20. The van der Waals surface area contributed by atoms with Gasteiger partial charge in [0.1, 0.15) is 0 Å². The quantitative estimate of drug-likeness (QED) is 0.836. The first-order valence-electron chi connectivity index (χ1n) is 5.28. The molecule has 1 N–H and O–H groups in total. The van der Waals surface area contributed by atoms with Crippen molar-refractivity contribution in [2.24, 2.45) is 5.92 Å². The Morgan fingerprint density at radius 3 is 2.24 bits per heavy atom. The van der Waals surface area contributed by atoms with Crippen LogP contribution in [0.15, 0.2) is 18.2 Å². The lowest BCUT2D eigenvalue weighted by Crippen LogP contribution is -2.40. The number of carbonyl (C=O) groups excluding carboxylic acids is 1. The van der Waals surface area contributed by atoms with Crippen LogP contribution in [0.3, 0.4) is 0 Å². The average molecular weight is 295 g/mol. The number of carbonyl (C=O) groups is 1. The Hall–Kier alpha value is -0.440. The molecule has 0 radical (unpaired) electrons. The molecule has 1 rings (SSSR count). The van der Waals surface area contributed by atoms with Crippen LogP contribution in [0.1, 0.15) is 24.2 Å². The predicted molar refractivity (Wildman–Crippen MR) is 73.3 cm³/mol. The van der Waals surface area contributed by atoms with Gasteiger partial charge in [0.2, 0.25) is 0 Å². The summed E-state index contributed by atoms with van der Waals surface area (Å²) in [4.78, 5) is 12.0. The molecule has 0 saturated heterocycles. The molecule has 5 heteroatoms. The molecule has 1 unspecified atom stereocenters. The number of hydrogen-bond acceptors (Lipinski definition) is 1. The molecule has 1 aromatic carbocycles. The Labute approximate surface area is 116 Å². The van der Waals surface area contributed by atoms with Crippen LogP contribution < -0.4 is 5.32 Å². The third kappa shape index (κ3) is 3.77. The molecule has 0 saturated carbocycles. The normalized spacial score (nSPS) is 12.6. The monoisotopic (exact) mass is 293 g/mol. The lowest BCUT2D eigenvalue weighted by Gasteiger charge is -2.20. The number of hydrogen-bond donors (Lipinski definition) is 1. The van der Waals surface area contributed by atoms with Gasteiger partial charge in [-0.25, -0.2) is 0 Å². The van der Waals surface area contributed by atoms with Crippen LogP contribution in [-0.2, 0) is 0 Å². The molecule has 1 atom stereocenters. The zero-order valence-electron chi connectivity index (χ0n) is 9.64. The van der Waals surface area contributed by atoms with Gasteiger partial charge in [-0.2, -0.15) is 0 Å². The molecule has 2 nitrogen and oxygen atoms in total. The van der Waals surface area contributed by atoms with E-state index in [0.717, 1.165) is 0 Å². The first-order chi connectivity index (χ1) is 7.97. The summed E-state index contributed by atoms with van der Waals surface area (Å²) in [5, 5.41) is 3.50. The molecule has 0 aliphatic rings. The van der Waals surface area contributed by atoms with E-state index in [1.165, 1.54) is 0 Å². The van der Waals surface area contributed by atoms with Gasteiger partial charge in [-0.05, 0) is 18.1 Å². The molecule has 0 spiro atoms. The number of benzene rings is 1. The lowest BCUT2D eigenvalue weighted by atomic mass is 10.1. The van der Waals surface area contributed by atoms with E-state index in [4.69, 9.17) is 34.8 Å². The van der Waals surface area contributed by atoms with Crippen LogP contribution in [0.2, 0.25) is 10.0 Å². The van der Waals surface area contributed by atoms with Gasteiger partial charge in [-0.1, -0.05) is 43.1 Å². The van der Waals surface area contributed by atoms with E-state index in [1.54, 1.807) is 18.2 Å². The highest BCUT2D eigenvalue weighted by Gasteiger charge is 2.19. The van der Waals surface area contributed by atoms with Crippen LogP contribution in [0.4, 0.5) is 0 Å². The largest absolute Gasteiger partial charge is 0.348 e. The van der Waals surface area contributed by atoms with Crippen molar-refractivity contribution in [2.45, 2.75) is 19.9 Å². The van der Waals surface area contributed by atoms with Crippen LogP contribution in [-0.4, -0.2) is 17.8 Å². The van der Waals surface area contributed by atoms with Crippen molar-refractivity contribution in [3.8, 4) is 0 Å². The smallest absolute Gasteiger partial charge is 0.254 e. The highest BCUT2D eigenvalue weighted by atomic mass is 35.5. The second kappa shape index (κ2) is 6.48. The maximum Gasteiger partial charge on any atom is 0.254 e. The van der Waals surface area contributed by atoms with Crippen molar-refractivity contribution in [3.63, 3.8) is 0 Å². The number of halogens is 3. The fourth-order valence-electron chi connectivity index (χ4n) is 1.34. The van der Waals surface area contributed by atoms with Gasteiger partial charge in [0.05, 0.1) is 15.6 Å². The summed E-state index contributed by atoms with van der Waals surface area (Å²) in [6, 6.07) is 4.86. The molecule has 0 aliphatic heterocycles. The van der Waals surface area contributed by atoms with Gasteiger partial charge in [0, 0.05) is 11.9 Å². The molecule has 0 aliphatic carbocycles. The van der Waals surface area contributed by atoms with Gasteiger partial charge >= 0.3 is 0 Å². The van der Waals surface area contributed by atoms with Crippen molar-refractivity contribution in [2.75, 3.05) is 5.88 Å². The van der Waals surface area contributed by atoms with Crippen LogP contribution in [0.25, 0.3) is 0 Å². The van der Waals surface area contributed by atoms with Crippen LogP contribution in [0, 0.1) is 5.92 Å². The Balaban J connectivity index is 2.90. The van der Waals surface area contributed by atoms with Crippen molar-refractivity contribution in [1.29, 1.82) is 0 Å². The van der Waals surface area contributed by atoms with Gasteiger partial charge in [-0.15, -0.1) is 11.6 Å². The summed E-state index contributed by atoms with van der Waals surface area (Å²) in [7, 11) is 0. The molecule has 1 amide bonds. The van der Waals surface area contributed by atoms with Crippen LogP contribution >= 0.6 is 34.8 Å². The Kier molecular flexibility index (Phi) is 5.57. The van der Waals surface area contributed by atoms with Crippen LogP contribution in [0.5, 0.6) is 0 Å². The predicted octanol–water partition coefficient (Wildman–Crippen LogP) is 3.99. The highest BCUT2D eigenvalue weighted by molar-refractivity contribution is 6.39. The molecule has 0 heterocycles. The Morgan fingerprint density at radius 1 is 1.29 bits per heavy atom. The lowest BCUT2D eigenvalue weighted by molar-refractivity contribution is 0.0931. The number of amides is 1. The summed E-state index contributed by atoms with van der Waals surface area (Å²) >= 11 is 17.7. The Bertz CT molecular complexity index is 386. The third-order valence-corrected chi connectivity index (χ3v) is 3.44. The maximum atomic E-state index is 12.0. The topological polar surface area (TPSA) is 29.1 Å². The van der Waals surface area contributed by atoms with E-state index < -0.39 is 0 Å². The van der Waals surface area contributed by atoms with E-state index in [9.17, 15) is 4.79 Å². The van der Waals surface area contributed by atoms with E-state index in [1.807, 2.05) is 13.8 Å². The first kappa shape index (κ1) is 14.6. The summed E-state index contributed by atoms with van der Waals surface area (Å²) in [5.41, 5.74) is 0.298. The highest BCUT2D eigenvalue weighted by Crippen LogP contribution is 2.24. The minimum atomic E-state index is -0.292. The van der Waals surface area contributed by atoms with E-state index in [0.29, 0.717) is 21.5 Å². The molecule has 0 aromatic heterocycles. The van der Waals surface area contributed by atoms with E-state index in [2.05, 4.69) is 5.32 Å². The van der Waals surface area contributed by atoms with Crippen molar-refractivity contribution in [3.05, 3.63) is 33.8 Å². The minimum absolute atomic E-state index is 0.100. The standard InChI is InChI=1S/C12H14Cl3NO/c1-7(2)10(6-13)16-12(17)11-8(14)4-3-5-9(11)15/h3-5,7,10H,6H2,1-2H3,(H,16,17). The second-order valence-electron chi connectivity index (χ2n) is 4.07. The molecule has 0 fully saturated rings. The van der Waals surface area contributed by atoms with Gasteiger partial charge in [0.25, 0.3) is 5.91 Å². The summed E-state index contributed by atoms with van der Waals surface area (Å²) in [6.45, 7) is 3.98. The minimum Gasteiger partial charge on any atom is -0.348 e. The third-order valence-electron chi connectivity index (χ3n) is 2.48. The van der Waals surface area contributed by atoms with E-state index >= 15 is 0 Å². The molecular formula is C12H14Cl3NO. The van der Waals surface area contributed by atoms with Gasteiger partial charge in [-0.3, -0.25) is 4.79 Å². The SMILES string of the molecule is CC(C)C(CCl)NC(=O)c1c(Cl)cccc1Cl.